The summed E-state index contributed by atoms with van der Waals surface area (Å²) in [5.74, 6) is -1.17. The van der Waals surface area contributed by atoms with Crippen LogP contribution < -0.4 is 5.32 Å². The Morgan fingerprint density at radius 3 is 2.68 bits per heavy atom. The number of carboxylic acid groups (broad SMARTS) is 1. The summed E-state index contributed by atoms with van der Waals surface area (Å²) in [7, 11) is 0. The van der Waals surface area contributed by atoms with Crippen LogP contribution in [0.3, 0.4) is 0 Å². The number of amides is 1. The molecular weight excluding hydrogens is 350 g/mol. The average Bonchev–Trinajstić information content (AvgIpc) is 2.96. The molecule has 7 heteroatoms. The smallest absolute Gasteiger partial charge is 0.303 e. The van der Waals surface area contributed by atoms with E-state index >= 15 is 0 Å². The quantitative estimate of drug-likeness (QED) is 0.733. The fraction of sp³-hybridized carbons (Fsp3) is 0.267. The van der Waals surface area contributed by atoms with Gasteiger partial charge in [-0.25, -0.2) is 0 Å². The molecule has 1 aromatic heterocycles. The molecule has 0 saturated heterocycles. The molecule has 1 atom stereocenters. The number of hydrogen-bond acceptors (Lipinski definition) is 3. The Bertz CT molecular complexity index is 667. The largest absolute Gasteiger partial charge is 0.481 e. The minimum Gasteiger partial charge on any atom is -0.481 e. The first-order valence-electron chi connectivity index (χ1n) is 6.79. The Morgan fingerprint density at radius 2 is 2.05 bits per heavy atom. The molecule has 0 aliphatic rings. The Morgan fingerprint density at radius 1 is 1.36 bits per heavy atom. The zero-order valence-electron chi connectivity index (χ0n) is 12.0. The van der Waals surface area contributed by atoms with Crippen LogP contribution in [0.5, 0.6) is 0 Å². The molecule has 2 aromatic rings. The van der Waals surface area contributed by atoms with E-state index in [2.05, 4.69) is 31.4 Å². The van der Waals surface area contributed by atoms with Crippen molar-refractivity contribution in [1.82, 2.24) is 15.5 Å². The molecule has 1 unspecified atom stereocenters. The van der Waals surface area contributed by atoms with Crippen LogP contribution in [0.1, 0.15) is 30.3 Å². The molecule has 2 rings (SSSR count). The Balaban J connectivity index is 2.00. The van der Waals surface area contributed by atoms with E-state index in [1.165, 1.54) is 0 Å². The van der Waals surface area contributed by atoms with Crippen molar-refractivity contribution in [3.63, 3.8) is 0 Å². The fourth-order valence-corrected chi connectivity index (χ4v) is 2.18. The van der Waals surface area contributed by atoms with E-state index in [4.69, 9.17) is 5.11 Å². The van der Waals surface area contributed by atoms with E-state index in [0.717, 1.165) is 10.0 Å². The molecule has 0 radical (unpaired) electrons. The number of nitrogens with zero attached hydrogens (tertiary/aromatic N) is 1. The SMILES string of the molecule is CC(CCC(=O)O)NC(=O)c1cc(-c2ccc(Br)cc2)n[nH]1. The van der Waals surface area contributed by atoms with E-state index in [9.17, 15) is 9.59 Å². The molecular formula is C15H16BrN3O3. The van der Waals surface area contributed by atoms with Crippen LogP contribution in [-0.4, -0.2) is 33.2 Å². The lowest BCUT2D eigenvalue weighted by molar-refractivity contribution is -0.137. The van der Waals surface area contributed by atoms with Crippen molar-refractivity contribution in [3.05, 3.63) is 40.5 Å². The second-order valence-electron chi connectivity index (χ2n) is 4.98. The predicted molar refractivity (Wildman–Crippen MR) is 85.5 cm³/mol. The van der Waals surface area contributed by atoms with Crippen molar-refractivity contribution in [3.8, 4) is 11.3 Å². The summed E-state index contributed by atoms with van der Waals surface area (Å²) < 4.78 is 0.969. The lowest BCUT2D eigenvalue weighted by atomic mass is 10.1. The van der Waals surface area contributed by atoms with Gasteiger partial charge in [-0.2, -0.15) is 5.10 Å². The van der Waals surface area contributed by atoms with Crippen LogP contribution in [0, 0.1) is 0 Å². The Kier molecular flexibility index (Phi) is 5.32. The van der Waals surface area contributed by atoms with E-state index in [-0.39, 0.29) is 18.4 Å². The van der Waals surface area contributed by atoms with Crippen molar-refractivity contribution in [1.29, 1.82) is 0 Å². The summed E-state index contributed by atoms with van der Waals surface area (Å²) in [6.45, 7) is 1.77. The molecule has 1 aromatic carbocycles. The number of carbonyl (C=O) groups is 2. The van der Waals surface area contributed by atoms with Crippen LogP contribution in [0.4, 0.5) is 0 Å². The standard InChI is InChI=1S/C15H16BrN3O3/c1-9(2-7-14(20)21)17-15(22)13-8-12(18-19-13)10-3-5-11(16)6-4-10/h3-6,8-9H,2,7H2,1H3,(H,17,22)(H,18,19)(H,20,21). The molecule has 0 aliphatic carbocycles. The number of H-pyrrole nitrogens is 1. The first-order valence-corrected chi connectivity index (χ1v) is 7.59. The van der Waals surface area contributed by atoms with Crippen molar-refractivity contribution in [2.24, 2.45) is 0 Å². The first-order chi connectivity index (χ1) is 10.5. The number of hydrogen-bond donors (Lipinski definition) is 3. The molecule has 0 saturated carbocycles. The number of rotatable bonds is 6. The van der Waals surface area contributed by atoms with Gasteiger partial charge in [-0.1, -0.05) is 28.1 Å². The van der Waals surface area contributed by atoms with E-state index in [1.54, 1.807) is 13.0 Å². The summed E-state index contributed by atoms with van der Waals surface area (Å²) in [5.41, 5.74) is 1.92. The number of aromatic amines is 1. The normalized spacial score (nSPS) is 11.9. The summed E-state index contributed by atoms with van der Waals surface area (Å²) >= 11 is 3.36. The number of aliphatic carboxylic acids is 1. The molecule has 0 aliphatic heterocycles. The maximum atomic E-state index is 12.1. The molecule has 22 heavy (non-hydrogen) atoms. The van der Waals surface area contributed by atoms with Gasteiger partial charge < -0.3 is 10.4 Å². The van der Waals surface area contributed by atoms with Crippen molar-refractivity contribution >= 4 is 27.8 Å². The molecule has 1 heterocycles. The van der Waals surface area contributed by atoms with Crippen LogP contribution in [0.2, 0.25) is 0 Å². The minimum atomic E-state index is -0.875. The van der Waals surface area contributed by atoms with Crippen molar-refractivity contribution in [2.75, 3.05) is 0 Å². The lowest BCUT2D eigenvalue weighted by Crippen LogP contribution is -2.33. The summed E-state index contributed by atoms with van der Waals surface area (Å²) in [6, 6.07) is 9.05. The lowest BCUT2D eigenvalue weighted by Gasteiger charge is -2.11. The molecule has 116 valence electrons. The molecule has 0 spiro atoms. The Labute approximate surface area is 136 Å². The molecule has 0 fully saturated rings. The third kappa shape index (κ3) is 4.42. The molecule has 1 amide bonds. The van der Waals surface area contributed by atoms with Gasteiger partial charge in [0.25, 0.3) is 5.91 Å². The van der Waals surface area contributed by atoms with Gasteiger partial charge >= 0.3 is 5.97 Å². The van der Waals surface area contributed by atoms with Crippen molar-refractivity contribution < 1.29 is 14.7 Å². The van der Waals surface area contributed by atoms with Gasteiger partial charge in [-0.3, -0.25) is 14.7 Å². The van der Waals surface area contributed by atoms with Gasteiger partial charge in [0.15, 0.2) is 0 Å². The number of aromatic nitrogens is 2. The number of carbonyl (C=O) groups excluding carboxylic acids is 1. The zero-order chi connectivity index (χ0) is 16.1. The minimum absolute atomic E-state index is 0.0224. The maximum absolute atomic E-state index is 12.1. The maximum Gasteiger partial charge on any atom is 0.303 e. The monoisotopic (exact) mass is 365 g/mol. The highest BCUT2D eigenvalue weighted by atomic mass is 79.9. The highest BCUT2D eigenvalue weighted by molar-refractivity contribution is 9.10. The number of nitrogens with one attached hydrogen (secondary N) is 2. The van der Waals surface area contributed by atoms with Gasteiger partial charge in [-0.15, -0.1) is 0 Å². The summed E-state index contributed by atoms with van der Waals surface area (Å²) in [6.07, 6.45) is 0.406. The summed E-state index contributed by atoms with van der Waals surface area (Å²) in [5, 5.41) is 18.2. The van der Waals surface area contributed by atoms with Crippen LogP contribution >= 0.6 is 15.9 Å². The van der Waals surface area contributed by atoms with Gasteiger partial charge in [0.1, 0.15) is 5.69 Å². The van der Waals surface area contributed by atoms with Crippen molar-refractivity contribution in [2.45, 2.75) is 25.8 Å². The van der Waals surface area contributed by atoms with E-state index in [0.29, 0.717) is 17.8 Å². The molecule has 6 nitrogen and oxygen atoms in total. The topological polar surface area (TPSA) is 95.1 Å². The van der Waals surface area contributed by atoms with Crippen LogP contribution in [0.25, 0.3) is 11.3 Å². The molecule has 3 N–H and O–H groups in total. The second kappa shape index (κ2) is 7.22. The van der Waals surface area contributed by atoms with Gasteiger partial charge in [0.2, 0.25) is 0 Å². The second-order valence-corrected chi connectivity index (χ2v) is 5.90. The average molecular weight is 366 g/mol. The van der Waals surface area contributed by atoms with Gasteiger partial charge in [0, 0.05) is 22.5 Å². The number of benzene rings is 1. The van der Waals surface area contributed by atoms with Gasteiger partial charge in [0.05, 0.1) is 5.69 Å². The fourth-order valence-electron chi connectivity index (χ4n) is 1.92. The van der Waals surface area contributed by atoms with E-state index < -0.39 is 5.97 Å². The first kappa shape index (κ1) is 16.2. The highest BCUT2D eigenvalue weighted by Crippen LogP contribution is 2.20. The third-order valence-corrected chi connectivity index (χ3v) is 3.66. The van der Waals surface area contributed by atoms with Crippen LogP contribution in [-0.2, 0) is 4.79 Å². The predicted octanol–water partition coefficient (Wildman–Crippen LogP) is 2.82. The van der Waals surface area contributed by atoms with Gasteiger partial charge in [-0.05, 0) is 31.5 Å². The molecule has 0 bridgehead atoms. The number of carboxylic acids is 1. The highest BCUT2D eigenvalue weighted by Gasteiger charge is 2.14. The van der Waals surface area contributed by atoms with Crippen LogP contribution in [0.15, 0.2) is 34.8 Å². The third-order valence-electron chi connectivity index (χ3n) is 3.13. The van der Waals surface area contributed by atoms with E-state index in [1.807, 2.05) is 24.3 Å². The zero-order valence-corrected chi connectivity index (χ0v) is 13.6. The number of halogens is 1. The Hall–Kier alpha value is -2.15. The summed E-state index contributed by atoms with van der Waals surface area (Å²) in [4.78, 5) is 22.6.